The number of nitro benzene ring substituents is 1. The van der Waals surface area contributed by atoms with Gasteiger partial charge in [-0.1, -0.05) is 0 Å². The zero-order chi connectivity index (χ0) is 22.6. The highest BCUT2D eigenvalue weighted by Gasteiger charge is 2.24. The second-order valence-electron chi connectivity index (χ2n) is 8.88. The van der Waals surface area contributed by atoms with Crippen molar-refractivity contribution in [1.82, 2.24) is 14.9 Å². The molecule has 2 saturated heterocycles. The number of nitrogens with zero attached hydrogens (tertiary/aromatic N) is 5. The van der Waals surface area contributed by atoms with Gasteiger partial charge >= 0.3 is 0 Å². The molecule has 0 N–H and O–H groups in total. The van der Waals surface area contributed by atoms with Crippen molar-refractivity contribution < 1.29 is 9.66 Å². The Morgan fingerprint density at radius 2 is 1.85 bits per heavy atom. The van der Waals surface area contributed by atoms with Gasteiger partial charge in [0, 0.05) is 49.3 Å². The lowest BCUT2D eigenvalue weighted by molar-refractivity contribution is -0.384. The molecule has 0 spiro atoms. The van der Waals surface area contributed by atoms with Crippen LogP contribution in [0.25, 0.3) is 21.3 Å². The Hall–Kier alpha value is -2.62. The minimum atomic E-state index is -0.371. The van der Waals surface area contributed by atoms with Gasteiger partial charge in [-0.15, -0.1) is 11.3 Å². The van der Waals surface area contributed by atoms with Crippen molar-refractivity contribution in [1.29, 1.82) is 0 Å². The number of non-ortho nitro benzene ring substituents is 1. The average molecular weight is 468 g/mol. The Bertz CT molecular complexity index is 1090. The largest absolute Gasteiger partial charge is 0.380 e. The molecule has 4 heterocycles. The predicted octanol–water partition coefficient (Wildman–Crippen LogP) is 4.60. The second-order valence-corrected chi connectivity index (χ2v) is 9.74. The van der Waals surface area contributed by atoms with Crippen molar-refractivity contribution in [2.75, 3.05) is 50.8 Å². The highest BCUT2D eigenvalue weighted by atomic mass is 32.1. The summed E-state index contributed by atoms with van der Waals surface area (Å²) in [5, 5.41) is 14.1. The number of thiophene rings is 1. The van der Waals surface area contributed by atoms with Crippen molar-refractivity contribution in [3.05, 3.63) is 46.1 Å². The van der Waals surface area contributed by atoms with Gasteiger partial charge in [0.05, 0.1) is 16.9 Å². The maximum absolute atomic E-state index is 11.0. The third-order valence-electron chi connectivity index (χ3n) is 6.76. The molecule has 5 rings (SSSR count). The number of benzene rings is 1. The SMILES string of the molecule is O=[N+]([O-])c1ccc(-c2csc3ncnc(N4CCC(COCCN5CCCC5)CC4)c23)cc1. The molecule has 2 aliphatic heterocycles. The maximum atomic E-state index is 11.0. The van der Waals surface area contributed by atoms with Gasteiger partial charge in [-0.3, -0.25) is 10.1 Å². The number of nitro groups is 1. The molecule has 2 aromatic heterocycles. The minimum absolute atomic E-state index is 0.0967. The normalized spacial score (nSPS) is 17.8. The molecule has 0 atom stereocenters. The zero-order valence-electron chi connectivity index (χ0n) is 18.7. The monoisotopic (exact) mass is 467 g/mol. The van der Waals surface area contributed by atoms with E-state index in [0.717, 1.165) is 72.9 Å². The van der Waals surface area contributed by atoms with E-state index in [1.807, 2.05) is 12.1 Å². The molecule has 1 aromatic carbocycles. The predicted molar refractivity (Wildman–Crippen MR) is 131 cm³/mol. The number of ether oxygens (including phenoxy) is 1. The highest BCUT2D eigenvalue weighted by Crippen LogP contribution is 2.39. The summed E-state index contributed by atoms with van der Waals surface area (Å²) in [7, 11) is 0. The fourth-order valence-electron chi connectivity index (χ4n) is 4.84. The lowest BCUT2D eigenvalue weighted by Crippen LogP contribution is -2.36. The Morgan fingerprint density at radius 1 is 1.09 bits per heavy atom. The third kappa shape index (κ3) is 5.00. The fourth-order valence-corrected chi connectivity index (χ4v) is 5.75. The first-order chi connectivity index (χ1) is 16.2. The summed E-state index contributed by atoms with van der Waals surface area (Å²) in [5.74, 6) is 1.55. The van der Waals surface area contributed by atoms with Crippen LogP contribution in [-0.4, -0.2) is 65.7 Å². The number of anilines is 1. The van der Waals surface area contributed by atoms with E-state index in [2.05, 4.69) is 25.1 Å². The molecular weight excluding hydrogens is 438 g/mol. The van der Waals surface area contributed by atoms with Crippen molar-refractivity contribution in [3.63, 3.8) is 0 Å². The van der Waals surface area contributed by atoms with Gasteiger partial charge in [-0.05, 0) is 62.4 Å². The number of aromatic nitrogens is 2. The topological polar surface area (TPSA) is 84.6 Å². The van der Waals surface area contributed by atoms with Gasteiger partial charge in [0.1, 0.15) is 17.0 Å². The molecule has 0 radical (unpaired) electrons. The van der Waals surface area contributed by atoms with Gasteiger partial charge in [0.2, 0.25) is 0 Å². The van der Waals surface area contributed by atoms with Crippen LogP contribution < -0.4 is 4.90 Å². The summed E-state index contributed by atoms with van der Waals surface area (Å²) in [6.45, 7) is 7.07. The third-order valence-corrected chi connectivity index (χ3v) is 7.64. The summed E-state index contributed by atoms with van der Waals surface area (Å²) in [6.07, 6.45) is 6.47. The fraction of sp³-hybridized carbons (Fsp3) is 0.500. The molecule has 0 unspecified atom stereocenters. The minimum Gasteiger partial charge on any atom is -0.380 e. The van der Waals surface area contributed by atoms with E-state index in [1.165, 1.54) is 25.9 Å². The van der Waals surface area contributed by atoms with E-state index in [-0.39, 0.29) is 10.6 Å². The van der Waals surface area contributed by atoms with Crippen molar-refractivity contribution in [2.24, 2.45) is 5.92 Å². The molecule has 174 valence electrons. The standard InChI is InChI=1S/C24H29N5O3S/c30-29(31)20-5-3-19(4-6-20)21-16-33-24-22(21)23(25-17-26-24)28-11-7-18(8-12-28)15-32-14-13-27-9-1-2-10-27/h3-6,16-18H,1-2,7-15H2. The Morgan fingerprint density at radius 3 is 2.58 bits per heavy atom. The molecular formula is C24H29N5O3S. The average Bonchev–Trinajstić information content (AvgIpc) is 3.52. The van der Waals surface area contributed by atoms with Crippen molar-refractivity contribution in [3.8, 4) is 11.1 Å². The molecule has 9 heteroatoms. The van der Waals surface area contributed by atoms with Crippen LogP contribution in [0.2, 0.25) is 0 Å². The van der Waals surface area contributed by atoms with Crippen LogP contribution >= 0.6 is 11.3 Å². The summed E-state index contributed by atoms with van der Waals surface area (Å²) >= 11 is 1.59. The first-order valence-electron chi connectivity index (χ1n) is 11.7. The zero-order valence-corrected chi connectivity index (χ0v) is 19.5. The van der Waals surface area contributed by atoms with Crippen LogP contribution in [-0.2, 0) is 4.74 Å². The number of hydrogen-bond acceptors (Lipinski definition) is 8. The van der Waals surface area contributed by atoms with E-state index in [4.69, 9.17) is 4.74 Å². The van der Waals surface area contributed by atoms with Crippen LogP contribution in [0.1, 0.15) is 25.7 Å². The van der Waals surface area contributed by atoms with E-state index in [0.29, 0.717) is 5.92 Å². The van der Waals surface area contributed by atoms with Crippen LogP contribution in [0.4, 0.5) is 11.5 Å². The lowest BCUT2D eigenvalue weighted by Gasteiger charge is -2.33. The first kappa shape index (κ1) is 22.2. The number of likely N-dealkylation sites (tertiary alicyclic amines) is 1. The second kappa shape index (κ2) is 10.1. The van der Waals surface area contributed by atoms with E-state index in [9.17, 15) is 10.1 Å². The molecule has 8 nitrogen and oxygen atoms in total. The molecule has 33 heavy (non-hydrogen) atoms. The Labute approximate surface area is 197 Å². The number of hydrogen-bond donors (Lipinski definition) is 0. The molecule has 0 saturated carbocycles. The van der Waals surface area contributed by atoms with E-state index in [1.54, 1.807) is 29.8 Å². The van der Waals surface area contributed by atoms with Gasteiger partial charge in [0.25, 0.3) is 5.69 Å². The lowest BCUT2D eigenvalue weighted by atomic mass is 9.97. The maximum Gasteiger partial charge on any atom is 0.269 e. The van der Waals surface area contributed by atoms with Gasteiger partial charge in [-0.2, -0.15) is 0 Å². The van der Waals surface area contributed by atoms with Crippen LogP contribution in [0, 0.1) is 16.0 Å². The quantitative estimate of drug-likeness (QED) is 0.272. The van der Waals surface area contributed by atoms with Crippen molar-refractivity contribution >= 4 is 33.1 Å². The summed E-state index contributed by atoms with van der Waals surface area (Å²) < 4.78 is 6.01. The summed E-state index contributed by atoms with van der Waals surface area (Å²) in [4.78, 5) is 25.6. The molecule has 2 aliphatic rings. The van der Waals surface area contributed by atoms with Crippen LogP contribution in [0.3, 0.4) is 0 Å². The smallest absolute Gasteiger partial charge is 0.269 e. The Kier molecular flexibility index (Phi) is 6.80. The van der Waals surface area contributed by atoms with E-state index < -0.39 is 0 Å². The van der Waals surface area contributed by atoms with Gasteiger partial charge in [-0.25, -0.2) is 9.97 Å². The number of fused-ring (bicyclic) bond motifs is 1. The summed E-state index contributed by atoms with van der Waals surface area (Å²) in [6, 6.07) is 6.72. The Balaban J connectivity index is 1.24. The van der Waals surface area contributed by atoms with Crippen LogP contribution in [0.15, 0.2) is 36.0 Å². The van der Waals surface area contributed by atoms with Crippen molar-refractivity contribution in [2.45, 2.75) is 25.7 Å². The highest BCUT2D eigenvalue weighted by molar-refractivity contribution is 7.17. The molecule has 0 aliphatic carbocycles. The number of rotatable bonds is 8. The molecule has 0 amide bonds. The first-order valence-corrected chi connectivity index (χ1v) is 12.6. The summed E-state index contributed by atoms with van der Waals surface area (Å²) in [5.41, 5.74) is 2.08. The molecule has 0 bridgehead atoms. The molecule has 2 fully saturated rings. The van der Waals surface area contributed by atoms with Gasteiger partial charge in [0.15, 0.2) is 0 Å². The van der Waals surface area contributed by atoms with Crippen LogP contribution in [0.5, 0.6) is 0 Å². The van der Waals surface area contributed by atoms with Gasteiger partial charge < -0.3 is 14.5 Å². The van der Waals surface area contributed by atoms with E-state index >= 15 is 0 Å². The number of piperidine rings is 1. The molecule has 3 aromatic rings.